The van der Waals surface area contributed by atoms with Gasteiger partial charge in [0.1, 0.15) is 0 Å². The fourth-order valence-electron chi connectivity index (χ4n) is 4.06. The number of benzene rings is 2. The first-order valence-electron chi connectivity index (χ1n) is 9.95. The molecule has 2 fully saturated rings. The summed E-state index contributed by atoms with van der Waals surface area (Å²) in [5.74, 6) is -0.247. The third-order valence-electron chi connectivity index (χ3n) is 5.68. The smallest absolute Gasteiger partial charge is 0.225 e. The number of rotatable bonds is 6. The molecule has 2 amide bonds. The van der Waals surface area contributed by atoms with Crippen LogP contribution in [0.15, 0.2) is 54.6 Å². The van der Waals surface area contributed by atoms with Gasteiger partial charge in [0.15, 0.2) is 0 Å². The van der Waals surface area contributed by atoms with Crippen LogP contribution >= 0.6 is 0 Å². The summed E-state index contributed by atoms with van der Waals surface area (Å²) in [6, 6.07) is 19.7. The minimum atomic E-state index is -0.271. The lowest BCUT2D eigenvalue weighted by Gasteiger charge is -2.44. The SMILES string of the molecule is N#Cc1cccc(CN2CC(N3CC(C(=O)NCc4ccccc4)CC3=O)C2)c1. The summed E-state index contributed by atoms with van der Waals surface area (Å²) in [6.07, 6.45) is 0.293. The number of nitrogens with zero attached hydrogens (tertiary/aromatic N) is 3. The van der Waals surface area contributed by atoms with Gasteiger partial charge in [0.05, 0.1) is 23.6 Å². The van der Waals surface area contributed by atoms with Crippen LogP contribution in [-0.2, 0) is 22.7 Å². The van der Waals surface area contributed by atoms with Crippen molar-refractivity contribution >= 4 is 11.8 Å². The largest absolute Gasteiger partial charge is 0.352 e. The van der Waals surface area contributed by atoms with Gasteiger partial charge in [-0.1, -0.05) is 42.5 Å². The van der Waals surface area contributed by atoms with E-state index < -0.39 is 0 Å². The van der Waals surface area contributed by atoms with Gasteiger partial charge in [-0.05, 0) is 23.3 Å². The zero-order valence-electron chi connectivity index (χ0n) is 16.3. The van der Waals surface area contributed by atoms with Gasteiger partial charge in [-0.3, -0.25) is 14.5 Å². The van der Waals surface area contributed by atoms with E-state index >= 15 is 0 Å². The van der Waals surface area contributed by atoms with Gasteiger partial charge in [0.2, 0.25) is 11.8 Å². The Hall–Kier alpha value is -3.17. The van der Waals surface area contributed by atoms with Crippen LogP contribution in [0.2, 0.25) is 0 Å². The average molecular weight is 388 g/mol. The summed E-state index contributed by atoms with van der Waals surface area (Å²) in [4.78, 5) is 29.0. The van der Waals surface area contributed by atoms with Crippen LogP contribution in [0.4, 0.5) is 0 Å². The van der Waals surface area contributed by atoms with E-state index in [1.165, 1.54) is 0 Å². The van der Waals surface area contributed by atoms with Gasteiger partial charge in [0, 0.05) is 39.1 Å². The predicted molar refractivity (Wildman–Crippen MR) is 108 cm³/mol. The van der Waals surface area contributed by atoms with Gasteiger partial charge < -0.3 is 10.2 Å². The normalized spacial score (nSPS) is 19.6. The maximum Gasteiger partial charge on any atom is 0.225 e. The van der Waals surface area contributed by atoms with Gasteiger partial charge >= 0.3 is 0 Å². The lowest BCUT2D eigenvalue weighted by atomic mass is 10.0. The molecule has 1 atom stereocenters. The average Bonchev–Trinajstić information content (AvgIpc) is 3.10. The minimum absolute atomic E-state index is 0.0470. The molecule has 2 aliphatic heterocycles. The van der Waals surface area contributed by atoms with Gasteiger partial charge in [-0.15, -0.1) is 0 Å². The van der Waals surface area contributed by atoms with E-state index in [0.717, 1.165) is 30.8 Å². The van der Waals surface area contributed by atoms with E-state index in [-0.39, 0.29) is 23.8 Å². The topological polar surface area (TPSA) is 76.4 Å². The Kier molecular flexibility index (Phi) is 5.59. The van der Waals surface area contributed by atoms with Crippen molar-refractivity contribution in [3.63, 3.8) is 0 Å². The van der Waals surface area contributed by atoms with Crippen LogP contribution in [0.1, 0.15) is 23.1 Å². The third kappa shape index (κ3) is 4.47. The minimum Gasteiger partial charge on any atom is -0.352 e. The molecular weight excluding hydrogens is 364 g/mol. The molecule has 2 heterocycles. The fourth-order valence-corrected chi connectivity index (χ4v) is 4.06. The highest BCUT2D eigenvalue weighted by Gasteiger charge is 2.42. The number of hydrogen-bond acceptors (Lipinski definition) is 4. The number of nitrogens with one attached hydrogen (secondary N) is 1. The van der Waals surface area contributed by atoms with Crippen molar-refractivity contribution < 1.29 is 9.59 Å². The van der Waals surface area contributed by atoms with Crippen LogP contribution in [0.5, 0.6) is 0 Å². The molecule has 2 aromatic rings. The Morgan fingerprint density at radius 1 is 1.07 bits per heavy atom. The Morgan fingerprint density at radius 2 is 1.83 bits per heavy atom. The highest BCUT2D eigenvalue weighted by Crippen LogP contribution is 2.26. The van der Waals surface area contributed by atoms with Crippen molar-refractivity contribution in [2.24, 2.45) is 5.92 Å². The lowest BCUT2D eigenvalue weighted by Crippen LogP contribution is -2.59. The first kappa shape index (κ1) is 19.2. The maximum atomic E-state index is 12.5. The van der Waals surface area contributed by atoms with E-state index in [2.05, 4.69) is 16.3 Å². The molecule has 0 radical (unpaired) electrons. The number of carbonyl (C=O) groups is 2. The molecule has 0 spiro atoms. The summed E-state index contributed by atoms with van der Waals surface area (Å²) >= 11 is 0. The molecular formula is C23H24N4O2. The molecule has 0 aromatic heterocycles. The molecule has 0 saturated carbocycles. The number of amides is 2. The van der Waals surface area contributed by atoms with Crippen molar-refractivity contribution in [3.8, 4) is 6.07 Å². The monoisotopic (exact) mass is 388 g/mol. The molecule has 0 bridgehead atoms. The molecule has 29 heavy (non-hydrogen) atoms. The molecule has 148 valence electrons. The first-order valence-corrected chi connectivity index (χ1v) is 9.95. The first-order chi connectivity index (χ1) is 14.1. The number of hydrogen-bond donors (Lipinski definition) is 1. The Bertz CT molecular complexity index is 931. The molecule has 2 aromatic carbocycles. The van der Waals surface area contributed by atoms with Crippen molar-refractivity contribution in [1.82, 2.24) is 15.1 Å². The summed E-state index contributed by atoms with van der Waals surface area (Å²) < 4.78 is 0. The van der Waals surface area contributed by atoms with Crippen molar-refractivity contribution in [2.45, 2.75) is 25.6 Å². The maximum absolute atomic E-state index is 12.5. The second-order valence-electron chi connectivity index (χ2n) is 7.81. The Labute approximate surface area is 170 Å². The molecule has 1 unspecified atom stereocenters. The highest BCUT2D eigenvalue weighted by molar-refractivity contribution is 5.89. The van der Waals surface area contributed by atoms with E-state index in [4.69, 9.17) is 5.26 Å². The summed E-state index contributed by atoms with van der Waals surface area (Å²) in [5, 5.41) is 12.0. The standard InChI is InChI=1S/C23H24N4O2/c24-11-18-7-4-8-19(9-18)13-26-15-21(16-26)27-14-20(10-22(27)28)23(29)25-12-17-5-2-1-3-6-17/h1-9,20-21H,10,12-16H2,(H,25,29). The van der Waals surface area contributed by atoms with Gasteiger partial charge in [-0.25, -0.2) is 0 Å². The summed E-state index contributed by atoms with van der Waals surface area (Å²) in [5.41, 5.74) is 2.82. The highest BCUT2D eigenvalue weighted by atomic mass is 16.2. The van der Waals surface area contributed by atoms with E-state index in [1.807, 2.05) is 53.4 Å². The molecule has 6 heteroatoms. The van der Waals surface area contributed by atoms with Crippen LogP contribution in [0.25, 0.3) is 0 Å². The van der Waals surface area contributed by atoms with Gasteiger partial charge in [-0.2, -0.15) is 5.26 Å². The molecule has 4 rings (SSSR count). The predicted octanol–water partition coefficient (Wildman–Crippen LogP) is 1.91. The number of carbonyl (C=O) groups excluding carboxylic acids is 2. The van der Waals surface area contributed by atoms with E-state index in [0.29, 0.717) is 25.1 Å². The lowest BCUT2D eigenvalue weighted by molar-refractivity contribution is -0.133. The summed E-state index contributed by atoms with van der Waals surface area (Å²) in [6.45, 7) is 3.38. The number of nitriles is 1. The summed E-state index contributed by atoms with van der Waals surface area (Å²) in [7, 11) is 0. The second-order valence-corrected chi connectivity index (χ2v) is 7.81. The molecule has 2 aliphatic rings. The Morgan fingerprint density at radius 3 is 2.59 bits per heavy atom. The van der Waals surface area contributed by atoms with Crippen LogP contribution in [0, 0.1) is 17.2 Å². The van der Waals surface area contributed by atoms with E-state index in [1.54, 1.807) is 6.07 Å². The van der Waals surface area contributed by atoms with Crippen molar-refractivity contribution in [2.75, 3.05) is 19.6 Å². The zero-order chi connectivity index (χ0) is 20.2. The molecule has 0 aliphatic carbocycles. The van der Waals surface area contributed by atoms with Crippen LogP contribution < -0.4 is 5.32 Å². The van der Waals surface area contributed by atoms with Crippen LogP contribution in [-0.4, -0.2) is 47.3 Å². The zero-order valence-corrected chi connectivity index (χ0v) is 16.3. The molecule has 1 N–H and O–H groups in total. The third-order valence-corrected chi connectivity index (χ3v) is 5.68. The second kappa shape index (κ2) is 8.46. The molecule has 2 saturated heterocycles. The van der Waals surface area contributed by atoms with Crippen LogP contribution in [0.3, 0.4) is 0 Å². The fraction of sp³-hybridized carbons (Fsp3) is 0.348. The van der Waals surface area contributed by atoms with Gasteiger partial charge in [0.25, 0.3) is 0 Å². The molecule has 6 nitrogen and oxygen atoms in total. The van der Waals surface area contributed by atoms with Crippen molar-refractivity contribution in [1.29, 1.82) is 5.26 Å². The van der Waals surface area contributed by atoms with Crippen molar-refractivity contribution in [3.05, 3.63) is 71.3 Å². The quantitative estimate of drug-likeness (QED) is 0.820. The van der Waals surface area contributed by atoms with E-state index in [9.17, 15) is 9.59 Å². The number of likely N-dealkylation sites (tertiary alicyclic amines) is 2. The Balaban J connectivity index is 1.25.